The summed E-state index contributed by atoms with van der Waals surface area (Å²) < 4.78 is 26.6. The largest absolute Gasteiger partial charge is 0.310 e. The smallest absolute Gasteiger partial charge is 0.250 e. The van der Waals surface area contributed by atoms with Crippen molar-refractivity contribution in [2.24, 2.45) is 0 Å². The normalized spacial score (nSPS) is 14.7. The van der Waals surface area contributed by atoms with Gasteiger partial charge < -0.3 is 4.90 Å². The second kappa shape index (κ2) is 7.35. The van der Waals surface area contributed by atoms with Crippen LogP contribution in [0, 0.1) is 13.8 Å². The van der Waals surface area contributed by atoms with E-state index >= 15 is 0 Å². The zero-order valence-electron chi connectivity index (χ0n) is 16.3. The highest BCUT2D eigenvalue weighted by molar-refractivity contribution is 7.92. The Kier molecular flexibility index (Phi) is 5.29. The number of nitrogens with zero attached hydrogens (tertiary/aromatic N) is 2. The number of rotatable bonds is 5. The highest BCUT2D eigenvalue weighted by Crippen LogP contribution is 2.31. The fourth-order valence-corrected chi connectivity index (χ4v) is 4.85. The van der Waals surface area contributed by atoms with Crippen LogP contribution in [0.15, 0.2) is 42.5 Å². The van der Waals surface area contributed by atoms with E-state index in [0.717, 1.165) is 35.1 Å². The van der Waals surface area contributed by atoms with E-state index in [9.17, 15) is 13.2 Å². The summed E-state index contributed by atoms with van der Waals surface area (Å²) in [7, 11) is -3.62. The lowest BCUT2D eigenvalue weighted by Crippen LogP contribution is -2.50. The van der Waals surface area contributed by atoms with Crippen molar-refractivity contribution in [2.75, 3.05) is 22.0 Å². The molecule has 1 amide bonds. The van der Waals surface area contributed by atoms with E-state index in [-0.39, 0.29) is 5.91 Å². The van der Waals surface area contributed by atoms with E-state index < -0.39 is 16.1 Å². The molecule has 3 rings (SSSR count). The van der Waals surface area contributed by atoms with Gasteiger partial charge in [0.15, 0.2) is 0 Å². The van der Waals surface area contributed by atoms with Crippen LogP contribution in [0.4, 0.5) is 11.4 Å². The Bertz CT molecular complexity index is 969. The Morgan fingerprint density at radius 2 is 1.85 bits per heavy atom. The van der Waals surface area contributed by atoms with Crippen molar-refractivity contribution in [3.8, 4) is 0 Å². The average Bonchev–Trinajstić information content (AvgIpc) is 3.04. The number of carbonyl (C=O) groups is 1. The monoisotopic (exact) mass is 386 g/mol. The third-order valence-corrected chi connectivity index (χ3v) is 6.39. The molecule has 1 aliphatic heterocycles. The maximum Gasteiger partial charge on any atom is 0.250 e. The molecule has 2 aromatic carbocycles. The van der Waals surface area contributed by atoms with Crippen molar-refractivity contribution in [2.45, 2.75) is 39.7 Å². The topological polar surface area (TPSA) is 57.7 Å². The van der Waals surface area contributed by atoms with Gasteiger partial charge in [-0.25, -0.2) is 8.42 Å². The first kappa shape index (κ1) is 19.4. The molecular formula is C21H26N2O3S. The van der Waals surface area contributed by atoms with Gasteiger partial charge >= 0.3 is 0 Å². The van der Waals surface area contributed by atoms with E-state index in [1.807, 2.05) is 57.2 Å². The van der Waals surface area contributed by atoms with Gasteiger partial charge in [0.2, 0.25) is 10.0 Å². The molecule has 0 bridgehead atoms. The molecule has 1 heterocycles. The molecule has 1 atom stereocenters. The summed E-state index contributed by atoms with van der Waals surface area (Å²) in [6.07, 6.45) is 2.36. The molecule has 6 heteroatoms. The van der Waals surface area contributed by atoms with Gasteiger partial charge in [0.1, 0.15) is 6.04 Å². The lowest BCUT2D eigenvalue weighted by Gasteiger charge is -2.33. The number of sulfonamides is 1. The third-order valence-electron chi connectivity index (χ3n) is 5.21. The van der Waals surface area contributed by atoms with Crippen molar-refractivity contribution in [1.29, 1.82) is 0 Å². The molecule has 0 aromatic heterocycles. The molecule has 5 nitrogen and oxygen atoms in total. The summed E-state index contributed by atoms with van der Waals surface area (Å²) in [4.78, 5) is 15.1. The summed E-state index contributed by atoms with van der Waals surface area (Å²) in [6, 6.07) is 12.5. The zero-order chi connectivity index (χ0) is 19.8. The molecule has 0 fully saturated rings. The predicted molar refractivity (Wildman–Crippen MR) is 110 cm³/mol. The number of carbonyl (C=O) groups excluding carboxylic acids is 1. The molecule has 144 valence electrons. The van der Waals surface area contributed by atoms with Crippen LogP contribution in [0.3, 0.4) is 0 Å². The molecular weight excluding hydrogens is 360 g/mol. The zero-order valence-corrected chi connectivity index (χ0v) is 17.1. The Morgan fingerprint density at radius 1 is 1.15 bits per heavy atom. The van der Waals surface area contributed by atoms with Crippen LogP contribution in [0.25, 0.3) is 0 Å². The molecule has 0 saturated carbocycles. The van der Waals surface area contributed by atoms with Crippen LogP contribution in [0.5, 0.6) is 0 Å². The van der Waals surface area contributed by atoms with Crippen molar-refractivity contribution >= 4 is 27.3 Å². The van der Waals surface area contributed by atoms with Gasteiger partial charge in [0, 0.05) is 12.2 Å². The molecule has 0 aliphatic carbocycles. The Morgan fingerprint density at radius 3 is 2.48 bits per heavy atom. The van der Waals surface area contributed by atoms with Crippen LogP contribution in [-0.2, 0) is 21.2 Å². The first-order valence-corrected chi connectivity index (χ1v) is 11.0. The minimum Gasteiger partial charge on any atom is -0.310 e. The van der Waals surface area contributed by atoms with E-state index in [1.165, 1.54) is 4.31 Å². The van der Waals surface area contributed by atoms with Gasteiger partial charge in [0.05, 0.1) is 11.9 Å². The van der Waals surface area contributed by atoms with Crippen LogP contribution in [0.2, 0.25) is 0 Å². The summed E-state index contributed by atoms with van der Waals surface area (Å²) in [5.41, 5.74) is 4.62. The highest BCUT2D eigenvalue weighted by atomic mass is 32.2. The van der Waals surface area contributed by atoms with Gasteiger partial charge in [-0.2, -0.15) is 0 Å². The highest BCUT2D eigenvalue weighted by Gasteiger charge is 2.36. The quantitative estimate of drug-likeness (QED) is 0.791. The number of anilines is 2. The lowest BCUT2D eigenvalue weighted by molar-refractivity contribution is -0.119. The Hall–Kier alpha value is -2.34. The summed E-state index contributed by atoms with van der Waals surface area (Å²) in [5, 5.41) is 0. The number of para-hydroxylation sites is 1. The average molecular weight is 387 g/mol. The van der Waals surface area contributed by atoms with E-state index in [1.54, 1.807) is 11.0 Å². The minimum absolute atomic E-state index is 0.175. The van der Waals surface area contributed by atoms with Crippen molar-refractivity contribution in [3.63, 3.8) is 0 Å². The first-order chi connectivity index (χ1) is 12.7. The van der Waals surface area contributed by atoms with E-state index in [4.69, 9.17) is 0 Å². The minimum atomic E-state index is -3.62. The fraction of sp³-hybridized carbons (Fsp3) is 0.381. The van der Waals surface area contributed by atoms with Crippen LogP contribution in [0.1, 0.15) is 30.0 Å². The van der Waals surface area contributed by atoms with Gasteiger partial charge in [0.25, 0.3) is 5.91 Å². The number of benzene rings is 2. The maximum absolute atomic E-state index is 13.4. The SMILES string of the molecule is CC[C@@H](C(=O)N1CCc2ccccc21)N(c1ccc(C)c(C)c1)S(C)(=O)=O. The maximum atomic E-state index is 13.4. The summed E-state index contributed by atoms with van der Waals surface area (Å²) in [5.74, 6) is -0.175. The molecule has 27 heavy (non-hydrogen) atoms. The lowest BCUT2D eigenvalue weighted by atomic mass is 10.1. The number of hydrogen-bond acceptors (Lipinski definition) is 3. The van der Waals surface area contributed by atoms with E-state index in [0.29, 0.717) is 18.7 Å². The second-order valence-electron chi connectivity index (χ2n) is 7.12. The van der Waals surface area contributed by atoms with Crippen LogP contribution >= 0.6 is 0 Å². The van der Waals surface area contributed by atoms with Crippen molar-refractivity contribution in [1.82, 2.24) is 0 Å². The number of amides is 1. The Labute approximate surface area is 161 Å². The predicted octanol–water partition coefficient (Wildman–Crippen LogP) is 3.44. The number of aryl methyl sites for hydroxylation is 2. The van der Waals surface area contributed by atoms with Crippen LogP contribution in [-0.4, -0.2) is 33.2 Å². The van der Waals surface area contributed by atoms with Crippen molar-refractivity contribution in [3.05, 3.63) is 59.2 Å². The van der Waals surface area contributed by atoms with E-state index in [2.05, 4.69) is 0 Å². The first-order valence-electron chi connectivity index (χ1n) is 9.20. The molecule has 2 aromatic rings. The Balaban J connectivity index is 2.02. The molecule has 1 aliphatic rings. The summed E-state index contributed by atoms with van der Waals surface area (Å²) in [6.45, 7) is 6.36. The fourth-order valence-electron chi connectivity index (χ4n) is 3.65. The van der Waals surface area contributed by atoms with Gasteiger partial charge in [-0.1, -0.05) is 31.2 Å². The van der Waals surface area contributed by atoms with Gasteiger partial charge in [-0.3, -0.25) is 9.10 Å². The van der Waals surface area contributed by atoms with Crippen LogP contribution < -0.4 is 9.21 Å². The summed E-state index contributed by atoms with van der Waals surface area (Å²) >= 11 is 0. The second-order valence-corrected chi connectivity index (χ2v) is 8.98. The standard InChI is InChI=1S/C21H26N2O3S/c1-5-19(21(24)22-13-12-17-8-6-7-9-20(17)22)23(27(4,25)26)18-11-10-15(2)16(3)14-18/h6-11,14,19H,5,12-13H2,1-4H3/t19-/m0/s1. The molecule has 0 spiro atoms. The molecule has 0 N–H and O–H groups in total. The number of hydrogen-bond donors (Lipinski definition) is 0. The van der Waals surface area contributed by atoms with Crippen molar-refractivity contribution < 1.29 is 13.2 Å². The number of fused-ring (bicyclic) bond motifs is 1. The third kappa shape index (κ3) is 3.72. The molecule has 0 saturated heterocycles. The van der Waals surface area contributed by atoms with Gasteiger partial charge in [-0.15, -0.1) is 0 Å². The van der Waals surface area contributed by atoms with Gasteiger partial charge in [-0.05, 0) is 61.6 Å². The molecule has 0 radical (unpaired) electrons. The molecule has 0 unspecified atom stereocenters.